The lowest BCUT2D eigenvalue weighted by atomic mass is 10.1. The van der Waals surface area contributed by atoms with Gasteiger partial charge in [-0.2, -0.15) is 4.98 Å². The average molecular weight is 455 g/mol. The molecule has 0 radical (unpaired) electrons. The Labute approximate surface area is 200 Å². The third kappa shape index (κ3) is 6.22. The number of rotatable bonds is 9. The van der Waals surface area contributed by atoms with Gasteiger partial charge in [0.1, 0.15) is 23.1 Å². The molecule has 3 aromatic rings. The number of nitrogens with one attached hydrogen (secondary N) is 1. The molecule has 3 N–H and O–H groups in total. The number of nitrogens with zero attached hydrogens (tertiary/aromatic N) is 4. The van der Waals surface area contributed by atoms with Crippen LogP contribution in [0.1, 0.15) is 31.9 Å². The normalized spacial score (nSPS) is 12.7. The standard InChI is InChI=1S/C27H30N6O/c1-3-4-17-33(2)26-18-23(15-16-29-26)34-22-13-11-21(12-14-22)30-25-19-24(31-27(28)32-25)20-9-7-5-6-8-10-20/h5,7-16,18-19H,3-4,6,17H2,1-2H3,(H3,28,30,31,32). The lowest BCUT2D eigenvalue weighted by Gasteiger charge is -2.18. The molecule has 0 aliphatic heterocycles. The van der Waals surface area contributed by atoms with Crippen LogP contribution in [0.5, 0.6) is 11.5 Å². The molecule has 0 unspecified atom stereocenters. The van der Waals surface area contributed by atoms with Gasteiger partial charge in [0.25, 0.3) is 0 Å². The second kappa shape index (κ2) is 11.1. The molecule has 7 heteroatoms. The van der Waals surface area contributed by atoms with E-state index in [-0.39, 0.29) is 5.95 Å². The van der Waals surface area contributed by atoms with Crippen molar-refractivity contribution in [2.75, 3.05) is 29.5 Å². The number of aromatic nitrogens is 3. The number of pyridine rings is 1. The molecule has 1 aromatic carbocycles. The van der Waals surface area contributed by atoms with Gasteiger partial charge in [0, 0.05) is 43.2 Å². The predicted molar refractivity (Wildman–Crippen MR) is 140 cm³/mol. The van der Waals surface area contributed by atoms with Gasteiger partial charge < -0.3 is 20.7 Å². The fraction of sp³-hybridized carbons (Fsp3) is 0.222. The van der Waals surface area contributed by atoms with Gasteiger partial charge in [-0.05, 0) is 43.2 Å². The van der Waals surface area contributed by atoms with Gasteiger partial charge in [-0.25, -0.2) is 9.97 Å². The van der Waals surface area contributed by atoms with E-state index >= 15 is 0 Å². The maximum Gasteiger partial charge on any atom is 0.222 e. The minimum Gasteiger partial charge on any atom is -0.457 e. The molecule has 4 rings (SSSR count). The molecule has 1 aliphatic rings. The van der Waals surface area contributed by atoms with Gasteiger partial charge in [0.2, 0.25) is 5.95 Å². The molecule has 0 saturated carbocycles. The van der Waals surface area contributed by atoms with Crippen LogP contribution in [-0.4, -0.2) is 28.5 Å². The van der Waals surface area contributed by atoms with Crippen molar-refractivity contribution < 1.29 is 4.74 Å². The molecule has 174 valence electrons. The van der Waals surface area contributed by atoms with Gasteiger partial charge in [-0.15, -0.1) is 0 Å². The summed E-state index contributed by atoms with van der Waals surface area (Å²) in [6.45, 7) is 3.15. The Bertz CT molecular complexity index is 1200. The number of nitrogen functional groups attached to an aromatic ring is 1. The van der Waals surface area contributed by atoms with Crippen LogP contribution in [0.4, 0.5) is 23.3 Å². The van der Waals surface area contributed by atoms with Crippen molar-refractivity contribution in [3.8, 4) is 11.5 Å². The molecule has 0 amide bonds. The largest absolute Gasteiger partial charge is 0.457 e. The summed E-state index contributed by atoms with van der Waals surface area (Å²) >= 11 is 0. The van der Waals surface area contributed by atoms with Gasteiger partial charge in [-0.3, -0.25) is 0 Å². The van der Waals surface area contributed by atoms with E-state index in [2.05, 4.69) is 44.2 Å². The van der Waals surface area contributed by atoms with Gasteiger partial charge in [-0.1, -0.05) is 43.7 Å². The number of hydrogen-bond donors (Lipinski definition) is 2. The molecular formula is C27H30N6O. The smallest absolute Gasteiger partial charge is 0.222 e. The third-order valence-electron chi connectivity index (χ3n) is 5.34. The van der Waals surface area contributed by atoms with Crippen molar-refractivity contribution in [2.45, 2.75) is 26.2 Å². The van der Waals surface area contributed by atoms with E-state index in [1.807, 2.05) is 67.7 Å². The highest BCUT2D eigenvalue weighted by Crippen LogP contribution is 2.27. The van der Waals surface area contributed by atoms with Crippen LogP contribution in [0.3, 0.4) is 0 Å². The van der Waals surface area contributed by atoms with Crippen LogP contribution < -0.4 is 20.7 Å². The zero-order valence-corrected chi connectivity index (χ0v) is 19.6. The first-order valence-electron chi connectivity index (χ1n) is 11.5. The second-order valence-corrected chi connectivity index (χ2v) is 8.06. The van der Waals surface area contributed by atoms with E-state index in [0.29, 0.717) is 5.82 Å². The molecule has 0 fully saturated rings. The minimum absolute atomic E-state index is 0.222. The molecular weight excluding hydrogens is 424 g/mol. The molecule has 2 aromatic heterocycles. The summed E-state index contributed by atoms with van der Waals surface area (Å²) < 4.78 is 6.05. The van der Waals surface area contributed by atoms with Crippen LogP contribution in [-0.2, 0) is 0 Å². The maximum atomic E-state index is 6.05. The lowest BCUT2D eigenvalue weighted by molar-refractivity contribution is 0.482. The highest BCUT2D eigenvalue weighted by Gasteiger charge is 2.08. The predicted octanol–water partition coefficient (Wildman–Crippen LogP) is 6.13. The fourth-order valence-corrected chi connectivity index (χ4v) is 3.50. The molecule has 0 saturated heterocycles. The van der Waals surface area contributed by atoms with Crippen LogP contribution in [0.15, 0.2) is 79.0 Å². The number of allylic oxidation sites excluding steroid dienone is 6. The summed E-state index contributed by atoms with van der Waals surface area (Å²) in [5.74, 6) is 3.24. The lowest BCUT2D eigenvalue weighted by Crippen LogP contribution is -2.19. The first-order chi connectivity index (χ1) is 16.6. The first-order valence-corrected chi connectivity index (χ1v) is 11.5. The highest BCUT2D eigenvalue weighted by molar-refractivity contribution is 5.76. The quantitative estimate of drug-likeness (QED) is 0.402. The van der Waals surface area contributed by atoms with Crippen molar-refractivity contribution in [1.29, 1.82) is 0 Å². The Morgan fingerprint density at radius 3 is 2.74 bits per heavy atom. The summed E-state index contributed by atoms with van der Waals surface area (Å²) in [5, 5.41) is 3.30. The summed E-state index contributed by atoms with van der Waals surface area (Å²) in [6, 6.07) is 13.4. The van der Waals surface area contributed by atoms with Crippen molar-refractivity contribution in [3.05, 3.63) is 84.7 Å². The Morgan fingerprint density at radius 2 is 1.91 bits per heavy atom. The highest BCUT2D eigenvalue weighted by atomic mass is 16.5. The van der Waals surface area contributed by atoms with Crippen LogP contribution in [0, 0.1) is 0 Å². The van der Waals surface area contributed by atoms with E-state index in [4.69, 9.17) is 10.5 Å². The SMILES string of the molecule is CCCCN(C)c1cc(Oc2ccc(Nc3cc(C4=CC=CCC=C4)nc(N)n3)cc2)ccn1. The van der Waals surface area contributed by atoms with Crippen LogP contribution in [0.25, 0.3) is 5.57 Å². The average Bonchev–Trinajstić information content (AvgIpc) is 3.13. The van der Waals surface area contributed by atoms with E-state index in [1.165, 1.54) is 0 Å². The molecule has 0 atom stereocenters. The minimum atomic E-state index is 0.222. The zero-order valence-electron chi connectivity index (χ0n) is 19.6. The van der Waals surface area contributed by atoms with E-state index < -0.39 is 0 Å². The summed E-state index contributed by atoms with van der Waals surface area (Å²) in [5.41, 5.74) is 8.61. The Morgan fingerprint density at radius 1 is 1.06 bits per heavy atom. The summed E-state index contributed by atoms with van der Waals surface area (Å²) in [7, 11) is 2.05. The maximum absolute atomic E-state index is 6.05. The van der Waals surface area contributed by atoms with Crippen molar-refractivity contribution >= 4 is 28.8 Å². The number of ether oxygens (including phenoxy) is 1. The molecule has 0 bridgehead atoms. The van der Waals surface area contributed by atoms with Crippen LogP contribution >= 0.6 is 0 Å². The van der Waals surface area contributed by atoms with Gasteiger partial charge in [0.05, 0.1) is 5.69 Å². The molecule has 7 nitrogen and oxygen atoms in total. The Kier molecular flexibility index (Phi) is 7.55. The monoisotopic (exact) mass is 454 g/mol. The van der Waals surface area contributed by atoms with Gasteiger partial charge in [0.15, 0.2) is 0 Å². The third-order valence-corrected chi connectivity index (χ3v) is 5.34. The van der Waals surface area contributed by atoms with E-state index in [1.54, 1.807) is 6.20 Å². The number of hydrogen-bond acceptors (Lipinski definition) is 7. The Balaban J connectivity index is 1.44. The zero-order chi connectivity index (χ0) is 23.8. The van der Waals surface area contributed by atoms with E-state index in [0.717, 1.165) is 60.1 Å². The number of anilines is 4. The number of nitrogens with two attached hydrogens (primary N) is 1. The second-order valence-electron chi connectivity index (χ2n) is 8.06. The molecule has 34 heavy (non-hydrogen) atoms. The fourth-order valence-electron chi connectivity index (χ4n) is 3.50. The molecule has 1 aliphatic carbocycles. The van der Waals surface area contributed by atoms with E-state index in [9.17, 15) is 0 Å². The topological polar surface area (TPSA) is 89.2 Å². The van der Waals surface area contributed by atoms with Crippen LogP contribution in [0.2, 0.25) is 0 Å². The molecule has 0 spiro atoms. The summed E-state index contributed by atoms with van der Waals surface area (Å²) in [6.07, 6.45) is 15.2. The Hall–Kier alpha value is -4.13. The number of benzene rings is 1. The first kappa shape index (κ1) is 23.0. The number of unbranched alkanes of at least 4 members (excludes halogenated alkanes) is 1. The van der Waals surface area contributed by atoms with Gasteiger partial charge >= 0.3 is 0 Å². The molecule has 2 heterocycles. The van der Waals surface area contributed by atoms with Crippen molar-refractivity contribution in [3.63, 3.8) is 0 Å². The summed E-state index contributed by atoms with van der Waals surface area (Å²) in [4.78, 5) is 15.3. The van der Waals surface area contributed by atoms with Crippen molar-refractivity contribution in [2.24, 2.45) is 0 Å². The van der Waals surface area contributed by atoms with Crippen molar-refractivity contribution in [1.82, 2.24) is 15.0 Å².